The van der Waals surface area contributed by atoms with Crippen LogP contribution in [0, 0.1) is 0 Å². The van der Waals surface area contributed by atoms with Crippen molar-refractivity contribution in [3.63, 3.8) is 0 Å². The van der Waals surface area contributed by atoms with Crippen molar-refractivity contribution in [1.82, 2.24) is 4.90 Å². The van der Waals surface area contributed by atoms with Gasteiger partial charge in [-0.3, -0.25) is 9.69 Å². The number of benzene rings is 2. The molecule has 2 aromatic carbocycles. The fourth-order valence-electron chi connectivity index (χ4n) is 3.73. The van der Waals surface area contributed by atoms with Crippen molar-refractivity contribution >= 4 is 17.3 Å². The molecule has 1 aliphatic heterocycles. The first kappa shape index (κ1) is 22.9. The maximum Gasteiger partial charge on any atom is 0.238 e. The Morgan fingerprint density at radius 3 is 2.35 bits per heavy atom. The highest BCUT2D eigenvalue weighted by atomic mass is 16.5. The van der Waals surface area contributed by atoms with Gasteiger partial charge in [0.2, 0.25) is 5.91 Å². The van der Waals surface area contributed by atoms with Gasteiger partial charge < -0.3 is 20.1 Å². The van der Waals surface area contributed by atoms with Crippen molar-refractivity contribution in [3.05, 3.63) is 48.0 Å². The molecule has 6 heteroatoms. The summed E-state index contributed by atoms with van der Waals surface area (Å²) in [6, 6.07) is 13.8. The van der Waals surface area contributed by atoms with Crippen LogP contribution in [0.3, 0.4) is 0 Å². The molecule has 2 aromatic rings. The van der Waals surface area contributed by atoms with Crippen molar-refractivity contribution in [3.8, 4) is 11.5 Å². The number of carbonyl (C=O) groups excluding carboxylic acids is 1. The van der Waals surface area contributed by atoms with Crippen LogP contribution in [0.25, 0.3) is 0 Å². The van der Waals surface area contributed by atoms with Gasteiger partial charge in [-0.1, -0.05) is 25.8 Å². The summed E-state index contributed by atoms with van der Waals surface area (Å²) in [7, 11) is 1.66. The van der Waals surface area contributed by atoms with E-state index in [-0.39, 0.29) is 5.91 Å². The maximum absolute atomic E-state index is 12.4. The zero-order chi connectivity index (χ0) is 21.9. The monoisotopic (exact) mass is 425 g/mol. The first-order valence-corrected chi connectivity index (χ1v) is 11.3. The van der Waals surface area contributed by atoms with Gasteiger partial charge in [0.1, 0.15) is 0 Å². The number of hydrogen-bond donors (Lipinski definition) is 2. The topological polar surface area (TPSA) is 62.8 Å². The van der Waals surface area contributed by atoms with Gasteiger partial charge >= 0.3 is 0 Å². The molecule has 1 saturated heterocycles. The van der Waals surface area contributed by atoms with Crippen LogP contribution in [-0.2, 0) is 11.3 Å². The number of nitrogens with zero attached hydrogens (tertiary/aromatic N) is 1. The van der Waals surface area contributed by atoms with Crippen LogP contribution < -0.4 is 20.1 Å². The van der Waals surface area contributed by atoms with E-state index in [0.717, 1.165) is 47.9 Å². The molecule has 1 heterocycles. The largest absolute Gasteiger partial charge is 0.493 e. The lowest BCUT2D eigenvalue weighted by molar-refractivity contribution is -0.117. The third-order valence-corrected chi connectivity index (χ3v) is 5.42. The van der Waals surface area contributed by atoms with Crippen LogP contribution >= 0.6 is 0 Å². The van der Waals surface area contributed by atoms with Crippen molar-refractivity contribution in [2.75, 3.05) is 44.0 Å². The molecule has 0 saturated carbocycles. The van der Waals surface area contributed by atoms with Crippen LogP contribution in [0.15, 0.2) is 42.5 Å². The number of methoxy groups -OCH3 is 1. The number of amides is 1. The summed E-state index contributed by atoms with van der Waals surface area (Å²) in [6.07, 6.45) is 5.88. The van der Waals surface area contributed by atoms with Gasteiger partial charge in [0.05, 0.1) is 20.3 Å². The van der Waals surface area contributed by atoms with E-state index in [1.54, 1.807) is 7.11 Å². The van der Waals surface area contributed by atoms with Gasteiger partial charge in [0.15, 0.2) is 11.5 Å². The molecule has 0 atom stereocenters. The minimum atomic E-state index is 0.0556. The van der Waals surface area contributed by atoms with E-state index in [4.69, 9.17) is 9.47 Å². The van der Waals surface area contributed by atoms with Gasteiger partial charge in [-0.2, -0.15) is 0 Å². The second kappa shape index (κ2) is 12.2. The quantitative estimate of drug-likeness (QED) is 0.566. The van der Waals surface area contributed by atoms with E-state index in [2.05, 4.69) is 22.5 Å². The van der Waals surface area contributed by atoms with Crippen molar-refractivity contribution < 1.29 is 14.3 Å². The molecule has 0 bridgehead atoms. The van der Waals surface area contributed by atoms with Gasteiger partial charge in [0, 0.05) is 17.9 Å². The lowest BCUT2D eigenvalue weighted by Crippen LogP contribution is -2.33. The Kier molecular flexibility index (Phi) is 9.03. The Morgan fingerprint density at radius 1 is 0.968 bits per heavy atom. The molecule has 3 rings (SSSR count). The molecule has 0 aromatic heterocycles. The van der Waals surface area contributed by atoms with Crippen LogP contribution in [0.2, 0.25) is 0 Å². The number of rotatable bonds is 10. The molecule has 0 aliphatic carbocycles. The zero-order valence-electron chi connectivity index (χ0n) is 18.8. The number of nitrogens with one attached hydrogen (secondary N) is 2. The predicted octanol–water partition coefficient (Wildman–Crippen LogP) is 4.91. The first-order chi connectivity index (χ1) is 15.2. The van der Waals surface area contributed by atoms with Crippen LogP contribution in [-0.4, -0.2) is 44.2 Å². The average Bonchev–Trinajstić information content (AvgIpc) is 3.06. The fraction of sp³-hybridized carbons (Fsp3) is 0.480. The van der Waals surface area contributed by atoms with E-state index in [1.165, 1.54) is 25.7 Å². The Balaban J connectivity index is 1.48. The summed E-state index contributed by atoms with van der Waals surface area (Å²) < 4.78 is 11.2. The Morgan fingerprint density at radius 2 is 1.68 bits per heavy atom. The van der Waals surface area contributed by atoms with Crippen LogP contribution in [0.1, 0.15) is 44.6 Å². The number of ether oxygens (including phenoxy) is 2. The lowest BCUT2D eigenvalue weighted by atomic mass is 10.2. The molecular weight excluding hydrogens is 390 g/mol. The Hall–Kier alpha value is -2.73. The lowest BCUT2D eigenvalue weighted by Gasteiger charge is -2.19. The van der Waals surface area contributed by atoms with Gasteiger partial charge in [-0.05, 0) is 74.3 Å². The second-order valence-corrected chi connectivity index (χ2v) is 8.00. The van der Waals surface area contributed by atoms with Gasteiger partial charge in [-0.25, -0.2) is 0 Å². The molecule has 1 aliphatic rings. The van der Waals surface area contributed by atoms with E-state index >= 15 is 0 Å². The molecule has 0 spiro atoms. The highest BCUT2D eigenvalue weighted by Gasteiger charge is 2.13. The van der Waals surface area contributed by atoms with E-state index in [0.29, 0.717) is 19.7 Å². The highest BCUT2D eigenvalue weighted by Crippen LogP contribution is 2.28. The summed E-state index contributed by atoms with van der Waals surface area (Å²) >= 11 is 0. The number of anilines is 2. The maximum atomic E-state index is 12.4. The summed E-state index contributed by atoms with van der Waals surface area (Å²) in [5, 5.41) is 6.42. The molecule has 1 fully saturated rings. The predicted molar refractivity (Wildman–Crippen MR) is 126 cm³/mol. The molecule has 168 valence electrons. The van der Waals surface area contributed by atoms with Gasteiger partial charge in [0.25, 0.3) is 0 Å². The SMILES string of the molecule is CCCOc1ccc(CNc2ccc(NC(=O)CN3CCCCCC3)cc2)cc1OC. The molecule has 0 unspecified atom stereocenters. The molecule has 31 heavy (non-hydrogen) atoms. The summed E-state index contributed by atoms with van der Waals surface area (Å²) in [5.41, 5.74) is 2.93. The molecule has 6 nitrogen and oxygen atoms in total. The number of carbonyl (C=O) groups is 1. The van der Waals surface area contributed by atoms with Crippen molar-refractivity contribution in [2.45, 2.75) is 45.6 Å². The molecule has 0 radical (unpaired) electrons. The molecule has 1 amide bonds. The normalized spacial score (nSPS) is 14.5. The Bertz CT molecular complexity index is 815. The van der Waals surface area contributed by atoms with Crippen LogP contribution in [0.5, 0.6) is 11.5 Å². The number of hydrogen-bond acceptors (Lipinski definition) is 5. The highest BCUT2D eigenvalue weighted by molar-refractivity contribution is 5.92. The number of likely N-dealkylation sites (tertiary alicyclic amines) is 1. The summed E-state index contributed by atoms with van der Waals surface area (Å²) in [5.74, 6) is 1.57. The molecule has 2 N–H and O–H groups in total. The summed E-state index contributed by atoms with van der Waals surface area (Å²) in [4.78, 5) is 14.6. The third-order valence-electron chi connectivity index (χ3n) is 5.42. The van der Waals surface area contributed by atoms with Crippen LogP contribution in [0.4, 0.5) is 11.4 Å². The summed E-state index contributed by atoms with van der Waals surface area (Å²) in [6.45, 7) is 5.94. The average molecular weight is 426 g/mol. The van der Waals surface area contributed by atoms with E-state index in [1.807, 2.05) is 42.5 Å². The smallest absolute Gasteiger partial charge is 0.238 e. The van der Waals surface area contributed by atoms with E-state index < -0.39 is 0 Å². The zero-order valence-corrected chi connectivity index (χ0v) is 18.8. The second-order valence-electron chi connectivity index (χ2n) is 8.00. The van der Waals surface area contributed by atoms with Crippen molar-refractivity contribution in [1.29, 1.82) is 0 Å². The molecular formula is C25H35N3O3. The van der Waals surface area contributed by atoms with Gasteiger partial charge in [-0.15, -0.1) is 0 Å². The first-order valence-electron chi connectivity index (χ1n) is 11.3. The minimum absolute atomic E-state index is 0.0556. The standard InChI is InChI=1S/C25H35N3O3/c1-3-16-31-23-13-8-20(17-24(23)30-2)18-26-21-9-11-22(12-10-21)27-25(29)19-28-14-6-4-5-7-15-28/h8-13,17,26H,3-7,14-16,18-19H2,1-2H3,(H,27,29). The third kappa shape index (κ3) is 7.47. The van der Waals surface area contributed by atoms with E-state index in [9.17, 15) is 4.79 Å². The Labute approximate surface area is 185 Å². The van der Waals surface area contributed by atoms with Crippen molar-refractivity contribution in [2.24, 2.45) is 0 Å². The minimum Gasteiger partial charge on any atom is -0.493 e. The fourth-order valence-corrected chi connectivity index (χ4v) is 3.73.